The number of rotatable bonds is 4. The molecular formula is C11H9F2NO4. The van der Waals surface area contributed by atoms with Gasteiger partial charge in [0, 0.05) is 6.42 Å². The molecule has 1 aromatic carbocycles. The van der Waals surface area contributed by atoms with Crippen LogP contribution >= 0.6 is 0 Å². The van der Waals surface area contributed by atoms with Crippen LogP contribution in [0.3, 0.4) is 0 Å². The number of aromatic amines is 1. The highest BCUT2D eigenvalue weighted by atomic mass is 19.3. The largest absolute Gasteiger partial charge is 0.481 e. The van der Waals surface area contributed by atoms with Crippen LogP contribution in [0.1, 0.15) is 12.0 Å². The lowest BCUT2D eigenvalue weighted by Crippen LogP contribution is -2.23. The molecule has 7 heteroatoms. The standard InChI is InChI=1S/C11H9F2NO4/c12-11(13,5-9(15)16)4-6-1-2-7-8(3-6)18-10(17)14-7/h1-3H,4-5H2,(H,14,17)(H,15,16). The summed E-state index contributed by atoms with van der Waals surface area (Å²) >= 11 is 0. The fourth-order valence-corrected chi connectivity index (χ4v) is 1.68. The number of carbonyl (C=O) groups is 1. The molecule has 0 fully saturated rings. The number of hydrogen-bond donors (Lipinski definition) is 2. The average molecular weight is 257 g/mol. The number of halogens is 2. The second-order valence-electron chi connectivity index (χ2n) is 3.95. The first-order valence-corrected chi connectivity index (χ1v) is 5.07. The number of alkyl halides is 2. The molecule has 0 atom stereocenters. The lowest BCUT2D eigenvalue weighted by molar-refractivity contribution is -0.144. The zero-order valence-corrected chi connectivity index (χ0v) is 9.07. The summed E-state index contributed by atoms with van der Waals surface area (Å²) in [6.07, 6.45) is -1.95. The van der Waals surface area contributed by atoms with Crippen molar-refractivity contribution in [2.24, 2.45) is 0 Å². The number of hydrogen-bond acceptors (Lipinski definition) is 3. The van der Waals surface area contributed by atoms with Gasteiger partial charge in [-0.05, 0) is 17.7 Å². The fraction of sp³-hybridized carbons (Fsp3) is 0.273. The summed E-state index contributed by atoms with van der Waals surface area (Å²) in [6, 6.07) is 4.12. The van der Waals surface area contributed by atoms with Crippen molar-refractivity contribution in [3.63, 3.8) is 0 Å². The highest BCUT2D eigenvalue weighted by molar-refractivity contribution is 5.73. The summed E-state index contributed by atoms with van der Waals surface area (Å²) in [6.45, 7) is 0. The highest BCUT2D eigenvalue weighted by Gasteiger charge is 2.32. The second-order valence-corrected chi connectivity index (χ2v) is 3.95. The topological polar surface area (TPSA) is 83.3 Å². The van der Waals surface area contributed by atoms with E-state index in [9.17, 15) is 18.4 Å². The number of benzene rings is 1. The van der Waals surface area contributed by atoms with Crippen LogP contribution < -0.4 is 5.76 Å². The van der Waals surface area contributed by atoms with Crippen molar-refractivity contribution in [2.75, 3.05) is 0 Å². The molecule has 2 aromatic rings. The molecule has 0 aliphatic heterocycles. The van der Waals surface area contributed by atoms with Gasteiger partial charge in [0.1, 0.15) is 6.42 Å². The van der Waals surface area contributed by atoms with Crippen molar-refractivity contribution in [3.05, 3.63) is 34.3 Å². The van der Waals surface area contributed by atoms with Crippen LogP contribution in [0.2, 0.25) is 0 Å². The Kier molecular flexibility index (Phi) is 2.90. The Morgan fingerprint density at radius 1 is 1.44 bits per heavy atom. The van der Waals surface area contributed by atoms with Crippen LogP contribution in [-0.2, 0) is 11.2 Å². The molecule has 0 bridgehead atoms. The smallest absolute Gasteiger partial charge is 0.417 e. The predicted octanol–water partition coefficient (Wildman–Crippen LogP) is 1.77. The van der Waals surface area contributed by atoms with Gasteiger partial charge >= 0.3 is 11.7 Å². The molecule has 1 aromatic heterocycles. The molecule has 0 saturated carbocycles. The van der Waals surface area contributed by atoms with Gasteiger partial charge in [-0.1, -0.05) is 6.07 Å². The summed E-state index contributed by atoms with van der Waals surface area (Å²) < 4.78 is 31.3. The molecule has 0 radical (unpaired) electrons. The number of carboxylic acid groups (broad SMARTS) is 1. The number of carboxylic acids is 1. The van der Waals surface area contributed by atoms with Crippen molar-refractivity contribution in [3.8, 4) is 0 Å². The predicted molar refractivity (Wildman–Crippen MR) is 57.7 cm³/mol. The summed E-state index contributed by atoms with van der Waals surface area (Å²) in [5.41, 5.74) is 0.783. The van der Waals surface area contributed by atoms with Gasteiger partial charge in [0.05, 0.1) is 5.52 Å². The first-order chi connectivity index (χ1) is 8.35. The van der Waals surface area contributed by atoms with Crippen LogP contribution in [0.5, 0.6) is 0 Å². The number of H-pyrrole nitrogens is 1. The van der Waals surface area contributed by atoms with Crippen LogP contribution in [-0.4, -0.2) is 22.0 Å². The average Bonchev–Trinajstić information content (AvgIpc) is 2.54. The van der Waals surface area contributed by atoms with Crippen molar-refractivity contribution < 1.29 is 23.1 Å². The lowest BCUT2D eigenvalue weighted by atomic mass is 10.0. The lowest BCUT2D eigenvalue weighted by Gasteiger charge is -2.13. The maximum Gasteiger partial charge on any atom is 0.417 e. The van der Waals surface area contributed by atoms with Crippen molar-refractivity contribution in [1.82, 2.24) is 4.98 Å². The maximum atomic E-state index is 13.3. The number of nitrogens with one attached hydrogen (secondary N) is 1. The van der Waals surface area contributed by atoms with Crippen LogP contribution in [0.25, 0.3) is 11.1 Å². The molecule has 5 nitrogen and oxygen atoms in total. The Morgan fingerprint density at radius 3 is 2.83 bits per heavy atom. The number of fused-ring (bicyclic) bond motifs is 1. The first kappa shape index (κ1) is 12.3. The van der Waals surface area contributed by atoms with Crippen molar-refractivity contribution in [1.29, 1.82) is 0 Å². The van der Waals surface area contributed by atoms with Crippen molar-refractivity contribution >= 4 is 17.1 Å². The number of aliphatic carboxylic acids is 1. The molecule has 0 spiro atoms. The zero-order valence-electron chi connectivity index (χ0n) is 9.07. The fourth-order valence-electron chi connectivity index (χ4n) is 1.68. The minimum atomic E-state index is -3.34. The molecule has 0 unspecified atom stereocenters. The summed E-state index contributed by atoms with van der Waals surface area (Å²) in [5.74, 6) is -5.57. The normalized spacial score (nSPS) is 11.9. The molecule has 0 aliphatic carbocycles. The van der Waals surface area contributed by atoms with Gasteiger partial charge in [-0.25, -0.2) is 13.6 Å². The molecule has 96 valence electrons. The number of oxazole rings is 1. The summed E-state index contributed by atoms with van der Waals surface area (Å²) in [5, 5.41) is 8.36. The van der Waals surface area contributed by atoms with Crippen LogP contribution in [0, 0.1) is 0 Å². The van der Waals surface area contributed by atoms with Gasteiger partial charge in [0.15, 0.2) is 5.58 Å². The van der Waals surface area contributed by atoms with Gasteiger partial charge < -0.3 is 9.52 Å². The van der Waals surface area contributed by atoms with Crippen LogP contribution in [0.4, 0.5) is 8.78 Å². The van der Waals surface area contributed by atoms with E-state index >= 15 is 0 Å². The number of aromatic nitrogens is 1. The molecule has 2 rings (SSSR count). The molecule has 1 heterocycles. The molecule has 2 N–H and O–H groups in total. The zero-order chi connectivity index (χ0) is 13.3. The van der Waals surface area contributed by atoms with E-state index in [1.54, 1.807) is 0 Å². The molecule has 0 saturated heterocycles. The van der Waals surface area contributed by atoms with E-state index in [-0.39, 0.29) is 11.1 Å². The Hall–Kier alpha value is -2.18. The third-order valence-electron chi connectivity index (χ3n) is 2.36. The van der Waals surface area contributed by atoms with Gasteiger partial charge in [0.2, 0.25) is 0 Å². The van der Waals surface area contributed by atoms with Crippen LogP contribution in [0.15, 0.2) is 27.4 Å². The van der Waals surface area contributed by atoms with Gasteiger partial charge in [-0.15, -0.1) is 0 Å². The highest BCUT2D eigenvalue weighted by Crippen LogP contribution is 2.25. The Labute approximate surface area is 99.0 Å². The maximum absolute atomic E-state index is 13.3. The summed E-state index contributed by atoms with van der Waals surface area (Å²) in [7, 11) is 0. The molecule has 18 heavy (non-hydrogen) atoms. The van der Waals surface area contributed by atoms with E-state index in [0.29, 0.717) is 5.52 Å². The van der Waals surface area contributed by atoms with E-state index in [1.807, 2.05) is 0 Å². The third-order valence-corrected chi connectivity index (χ3v) is 2.36. The van der Waals surface area contributed by atoms with Gasteiger partial charge in [0.25, 0.3) is 5.92 Å². The first-order valence-electron chi connectivity index (χ1n) is 5.07. The molecule has 0 aliphatic rings. The van der Waals surface area contributed by atoms with E-state index in [1.165, 1.54) is 18.2 Å². The molecular weight excluding hydrogens is 248 g/mol. The van der Waals surface area contributed by atoms with E-state index < -0.39 is 30.5 Å². The SMILES string of the molecule is O=C(O)CC(F)(F)Cc1ccc2[nH]c(=O)oc2c1. The Bertz CT molecular complexity index is 644. The Balaban J connectivity index is 2.26. The molecule has 0 amide bonds. The van der Waals surface area contributed by atoms with Gasteiger partial charge in [-0.2, -0.15) is 0 Å². The van der Waals surface area contributed by atoms with E-state index in [4.69, 9.17) is 9.52 Å². The van der Waals surface area contributed by atoms with Gasteiger partial charge in [-0.3, -0.25) is 9.78 Å². The Morgan fingerprint density at radius 2 is 2.17 bits per heavy atom. The van der Waals surface area contributed by atoms with E-state index in [0.717, 1.165) is 0 Å². The minimum Gasteiger partial charge on any atom is -0.481 e. The van der Waals surface area contributed by atoms with E-state index in [2.05, 4.69) is 4.98 Å². The minimum absolute atomic E-state index is 0.170. The third kappa shape index (κ3) is 2.73. The summed E-state index contributed by atoms with van der Waals surface area (Å²) in [4.78, 5) is 23.5. The monoisotopic (exact) mass is 257 g/mol. The van der Waals surface area contributed by atoms with Crippen molar-refractivity contribution in [2.45, 2.75) is 18.8 Å². The second kappa shape index (κ2) is 4.25. The quantitative estimate of drug-likeness (QED) is 0.874.